The minimum absolute atomic E-state index is 0.128. The van der Waals surface area contributed by atoms with Crippen molar-refractivity contribution < 1.29 is 9.47 Å². The summed E-state index contributed by atoms with van der Waals surface area (Å²) in [5.41, 5.74) is 18.5. The molecule has 10 rings (SSSR count). The lowest BCUT2D eigenvalue weighted by Crippen LogP contribution is -2.15. The zero-order valence-corrected chi connectivity index (χ0v) is 29.7. The Bertz CT molecular complexity index is 2760. The molecule has 6 nitrogen and oxygen atoms in total. The minimum Gasteiger partial charge on any atom is -0.449 e. The maximum atomic E-state index is 6.54. The zero-order valence-electron chi connectivity index (χ0n) is 29.7. The average Bonchev–Trinajstić information content (AvgIpc) is 3.44. The van der Waals surface area contributed by atoms with Gasteiger partial charge in [0.1, 0.15) is 0 Å². The van der Waals surface area contributed by atoms with Crippen molar-refractivity contribution in [2.24, 2.45) is 0 Å². The van der Waals surface area contributed by atoms with E-state index in [1.807, 2.05) is 72.8 Å². The highest BCUT2D eigenvalue weighted by atomic mass is 16.6. The molecule has 2 N–H and O–H groups in total. The van der Waals surface area contributed by atoms with Crippen molar-refractivity contribution in [3.63, 3.8) is 0 Å². The summed E-state index contributed by atoms with van der Waals surface area (Å²) >= 11 is 0. The van der Waals surface area contributed by atoms with Crippen molar-refractivity contribution >= 4 is 5.69 Å². The predicted molar refractivity (Wildman–Crippen MR) is 216 cm³/mol. The largest absolute Gasteiger partial charge is 0.449 e. The SMILES string of the molecule is CC1(C)c2ccccc2-c2cc3c(cc21)Oc1cc(-c2ccc(-c4nc(-c5ccccc5)nc(-c5cccc(-c6cccc(N)c6)c5)n4)cc2)ccc1O3. The van der Waals surface area contributed by atoms with Gasteiger partial charge in [0, 0.05) is 27.8 Å². The monoisotopic (exact) mass is 698 g/mol. The van der Waals surface area contributed by atoms with Gasteiger partial charge in [0.15, 0.2) is 40.5 Å². The number of anilines is 1. The summed E-state index contributed by atoms with van der Waals surface area (Å²) in [6.45, 7) is 4.54. The van der Waals surface area contributed by atoms with Gasteiger partial charge < -0.3 is 15.2 Å². The maximum Gasteiger partial charge on any atom is 0.170 e. The quantitative estimate of drug-likeness (QED) is 0.180. The standard InChI is InChI=1S/C48H34N4O2/c1-48(2)39-17-7-6-16-37(39)38-27-43-44(28-40(38)48)54-42-26-34(22-23-41(42)53-43)29-18-20-31(21-19-29)46-50-45(30-10-4-3-5-11-30)51-47(52-46)35-14-8-12-32(24-35)33-13-9-15-36(49)25-33/h3-28H,49H2,1-2H3. The molecule has 2 heterocycles. The zero-order chi connectivity index (χ0) is 36.4. The molecule has 0 amide bonds. The van der Waals surface area contributed by atoms with Gasteiger partial charge in [-0.1, -0.05) is 129 Å². The van der Waals surface area contributed by atoms with Gasteiger partial charge in [0.25, 0.3) is 0 Å². The van der Waals surface area contributed by atoms with Crippen molar-refractivity contribution in [1.82, 2.24) is 15.0 Å². The van der Waals surface area contributed by atoms with Crippen LogP contribution in [0.25, 0.3) is 67.5 Å². The molecular formula is C48H34N4O2. The van der Waals surface area contributed by atoms with Crippen LogP contribution in [-0.4, -0.2) is 15.0 Å². The highest BCUT2D eigenvalue weighted by Crippen LogP contribution is 2.55. The molecule has 0 bridgehead atoms. The van der Waals surface area contributed by atoms with E-state index in [0.29, 0.717) is 29.0 Å². The summed E-state index contributed by atoms with van der Waals surface area (Å²) in [6, 6.07) is 53.4. The molecule has 0 radical (unpaired) electrons. The first-order valence-corrected chi connectivity index (χ1v) is 18.0. The van der Waals surface area contributed by atoms with E-state index >= 15 is 0 Å². The number of rotatable bonds is 5. The third-order valence-corrected chi connectivity index (χ3v) is 10.5. The molecule has 1 aromatic heterocycles. The number of hydrogen-bond acceptors (Lipinski definition) is 6. The van der Waals surface area contributed by atoms with Gasteiger partial charge in [-0.05, 0) is 87.0 Å². The van der Waals surface area contributed by atoms with Gasteiger partial charge in [-0.3, -0.25) is 0 Å². The van der Waals surface area contributed by atoms with Crippen LogP contribution in [0.1, 0.15) is 25.0 Å². The Morgan fingerprint density at radius 2 is 0.926 bits per heavy atom. The van der Waals surface area contributed by atoms with Crippen LogP contribution in [0.5, 0.6) is 23.0 Å². The van der Waals surface area contributed by atoms with Crippen LogP contribution in [0, 0.1) is 0 Å². The van der Waals surface area contributed by atoms with Crippen molar-refractivity contribution in [2.75, 3.05) is 5.73 Å². The molecule has 1 aliphatic heterocycles. The maximum absolute atomic E-state index is 6.54. The summed E-state index contributed by atoms with van der Waals surface area (Å²) in [7, 11) is 0. The molecule has 0 fully saturated rings. The summed E-state index contributed by atoms with van der Waals surface area (Å²) in [5.74, 6) is 4.64. The number of ether oxygens (including phenoxy) is 2. The number of nitrogen functional groups attached to an aromatic ring is 1. The lowest BCUT2D eigenvalue weighted by atomic mass is 9.82. The molecule has 2 aliphatic rings. The number of nitrogens with zero attached hydrogens (tertiary/aromatic N) is 3. The first-order chi connectivity index (χ1) is 26.4. The Morgan fingerprint density at radius 3 is 1.70 bits per heavy atom. The second-order valence-electron chi connectivity index (χ2n) is 14.3. The van der Waals surface area contributed by atoms with Gasteiger partial charge in [-0.2, -0.15) is 0 Å². The third-order valence-electron chi connectivity index (χ3n) is 10.5. The van der Waals surface area contributed by atoms with E-state index in [9.17, 15) is 0 Å². The van der Waals surface area contributed by atoms with Crippen LogP contribution in [-0.2, 0) is 5.41 Å². The molecule has 0 saturated heterocycles. The Kier molecular flexibility index (Phi) is 7.20. The molecule has 54 heavy (non-hydrogen) atoms. The number of aromatic nitrogens is 3. The Balaban J connectivity index is 0.972. The van der Waals surface area contributed by atoms with Gasteiger partial charge in [-0.25, -0.2) is 15.0 Å². The molecule has 6 heteroatoms. The van der Waals surface area contributed by atoms with Gasteiger partial charge >= 0.3 is 0 Å². The Hall–Kier alpha value is -7.05. The van der Waals surface area contributed by atoms with E-state index in [0.717, 1.165) is 56.1 Å². The highest BCUT2D eigenvalue weighted by Gasteiger charge is 2.37. The van der Waals surface area contributed by atoms with Crippen LogP contribution >= 0.6 is 0 Å². The van der Waals surface area contributed by atoms with Gasteiger partial charge in [0.05, 0.1) is 0 Å². The van der Waals surface area contributed by atoms with E-state index in [-0.39, 0.29) is 5.41 Å². The van der Waals surface area contributed by atoms with E-state index in [4.69, 9.17) is 30.2 Å². The van der Waals surface area contributed by atoms with E-state index in [2.05, 4.69) is 98.8 Å². The summed E-state index contributed by atoms with van der Waals surface area (Å²) in [6.07, 6.45) is 0. The van der Waals surface area contributed by atoms with E-state index in [1.54, 1.807) is 0 Å². The third kappa shape index (κ3) is 5.39. The summed E-state index contributed by atoms with van der Waals surface area (Å²) in [4.78, 5) is 14.9. The number of benzene rings is 7. The van der Waals surface area contributed by atoms with Crippen molar-refractivity contribution in [3.05, 3.63) is 169 Å². The first-order valence-electron chi connectivity index (χ1n) is 18.0. The lowest BCUT2D eigenvalue weighted by molar-refractivity contribution is 0.359. The molecule has 1 aliphatic carbocycles. The highest BCUT2D eigenvalue weighted by molar-refractivity contribution is 5.84. The van der Waals surface area contributed by atoms with Crippen molar-refractivity contribution in [1.29, 1.82) is 0 Å². The molecular weight excluding hydrogens is 665 g/mol. The Morgan fingerprint density at radius 1 is 0.389 bits per heavy atom. The topological polar surface area (TPSA) is 83.2 Å². The number of fused-ring (bicyclic) bond motifs is 5. The number of hydrogen-bond donors (Lipinski definition) is 1. The smallest absolute Gasteiger partial charge is 0.170 e. The average molecular weight is 699 g/mol. The van der Waals surface area contributed by atoms with Crippen LogP contribution < -0.4 is 15.2 Å². The molecule has 258 valence electrons. The molecule has 8 aromatic rings. The van der Waals surface area contributed by atoms with E-state index in [1.165, 1.54) is 22.3 Å². The van der Waals surface area contributed by atoms with E-state index < -0.39 is 0 Å². The lowest BCUT2D eigenvalue weighted by Gasteiger charge is -2.25. The van der Waals surface area contributed by atoms with Crippen molar-refractivity contribution in [3.8, 4) is 90.5 Å². The van der Waals surface area contributed by atoms with Crippen LogP contribution in [0.2, 0.25) is 0 Å². The molecule has 7 aromatic carbocycles. The fourth-order valence-electron chi connectivity index (χ4n) is 7.67. The Labute approximate surface area is 313 Å². The van der Waals surface area contributed by atoms with Crippen LogP contribution in [0.4, 0.5) is 5.69 Å². The predicted octanol–water partition coefficient (Wildman–Crippen LogP) is 12.0. The molecule has 0 atom stereocenters. The second kappa shape index (κ2) is 12.3. The van der Waals surface area contributed by atoms with Gasteiger partial charge in [-0.15, -0.1) is 0 Å². The number of nitrogens with two attached hydrogens (primary N) is 1. The van der Waals surface area contributed by atoms with Gasteiger partial charge in [0.2, 0.25) is 0 Å². The molecule has 0 saturated carbocycles. The summed E-state index contributed by atoms with van der Waals surface area (Å²) < 4.78 is 13.0. The molecule has 0 unspecified atom stereocenters. The second-order valence-corrected chi connectivity index (χ2v) is 14.3. The first kappa shape index (κ1) is 31.7. The van der Waals surface area contributed by atoms with Crippen molar-refractivity contribution in [2.45, 2.75) is 19.3 Å². The minimum atomic E-state index is -0.128. The fourth-order valence-corrected chi connectivity index (χ4v) is 7.67. The fraction of sp³-hybridized carbons (Fsp3) is 0.0625. The van der Waals surface area contributed by atoms with Crippen LogP contribution in [0.3, 0.4) is 0 Å². The molecule has 0 spiro atoms. The van der Waals surface area contributed by atoms with Crippen LogP contribution in [0.15, 0.2) is 158 Å². The normalized spacial score (nSPS) is 13.1. The summed E-state index contributed by atoms with van der Waals surface area (Å²) in [5, 5.41) is 0.